The molecule has 0 fully saturated rings. The van der Waals surface area contributed by atoms with Crippen LogP contribution in [0.5, 0.6) is 5.75 Å². The summed E-state index contributed by atoms with van der Waals surface area (Å²) in [6, 6.07) is 4.13. The van der Waals surface area contributed by atoms with Crippen LogP contribution in [-0.2, 0) is 0 Å². The SMILES string of the molecule is C=CCCCCCSc1cc(C)c(O)c(C)c1. The number of unbranched alkanes of at least 4 members (excludes halogenated alkanes) is 3. The summed E-state index contributed by atoms with van der Waals surface area (Å²) in [4.78, 5) is 1.27. The normalized spacial score (nSPS) is 10.5. The van der Waals surface area contributed by atoms with Crippen LogP contribution >= 0.6 is 11.8 Å². The second kappa shape index (κ2) is 7.44. The number of phenols is 1. The lowest BCUT2D eigenvalue weighted by Crippen LogP contribution is -1.85. The Kier molecular flexibility index (Phi) is 6.20. The Hall–Kier alpha value is -0.890. The van der Waals surface area contributed by atoms with Gasteiger partial charge in [0.25, 0.3) is 0 Å². The molecule has 17 heavy (non-hydrogen) atoms. The molecule has 0 radical (unpaired) electrons. The van der Waals surface area contributed by atoms with Gasteiger partial charge >= 0.3 is 0 Å². The summed E-state index contributed by atoms with van der Waals surface area (Å²) in [5.74, 6) is 1.58. The highest BCUT2D eigenvalue weighted by molar-refractivity contribution is 7.99. The Morgan fingerprint density at radius 2 is 1.82 bits per heavy atom. The van der Waals surface area contributed by atoms with Gasteiger partial charge in [-0.1, -0.05) is 12.5 Å². The Balaban J connectivity index is 2.34. The molecule has 1 aromatic rings. The van der Waals surface area contributed by atoms with Crippen molar-refractivity contribution in [2.24, 2.45) is 0 Å². The van der Waals surface area contributed by atoms with Gasteiger partial charge in [0.2, 0.25) is 0 Å². The maximum Gasteiger partial charge on any atom is 0.121 e. The fourth-order valence-corrected chi connectivity index (χ4v) is 2.86. The molecule has 94 valence electrons. The van der Waals surface area contributed by atoms with Crippen molar-refractivity contribution in [3.05, 3.63) is 35.9 Å². The van der Waals surface area contributed by atoms with Crippen LogP contribution in [0.1, 0.15) is 36.8 Å². The van der Waals surface area contributed by atoms with Gasteiger partial charge in [0, 0.05) is 4.90 Å². The number of aryl methyl sites for hydroxylation is 2. The molecule has 0 heterocycles. The predicted molar refractivity (Wildman–Crippen MR) is 77.0 cm³/mol. The molecule has 0 aromatic heterocycles. The summed E-state index contributed by atoms with van der Waals surface area (Å²) in [7, 11) is 0. The van der Waals surface area contributed by atoms with E-state index in [4.69, 9.17) is 0 Å². The first-order valence-corrected chi connectivity index (χ1v) is 7.17. The van der Waals surface area contributed by atoms with Crippen molar-refractivity contribution in [1.82, 2.24) is 0 Å². The Morgan fingerprint density at radius 3 is 2.41 bits per heavy atom. The first kappa shape index (κ1) is 14.2. The van der Waals surface area contributed by atoms with E-state index in [1.807, 2.05) is 31.7 Å². The smallest absolute Gasteiger partial charge is 0.121 e. The molecule has 0 saturated heterocycles. The van der Waals surface area contributed by atoms with Gasteiger partial charge in [-0.15, -0.1) is 18.3 Å². The largest absolute Gasteiger partial charge is 0.507 e. The summed E-state index contributed by atoms with van der Waals surface area (Å²) in [6.45, 7) is 7.63. The summed E-state index contributed by atoms with van der Waals surface area (Å²) < 4.78 is 0. The van der Waals surface area contributed by atoms with Gasteiger partial charge in [-0.2, -0.15) is 0 Å². The van der Waals surface area contributed by atoms with Crippen LogP contribution in [-0.4, -0.2) is 10.9 Å². The Morgan fingerprint density at radius 1 is 1.18 bits per heavy atom. The molecule has 1 nitrogen and oxygen atoms in total. The van der Waals surface area contributed by atoms with Crippen molar-refractivity contribution in [3.63, 3.8) is 0 Å². The van der Waals surface area contributed by atoms with E-state index in [1.165, 1.54) is 24.2 Å². The van der Waals surface area contributed by atoms with E-state index >= 15 is 0 Å². The third-order valence-corrected chi connectivity index (χ3v) is 3.85. The number of rotatable bonds is 7. The van der Waals surface area contributed by atoms with E-state index in [-0.39, 0.29) is 0 Å². The number of phenolic OH excluding ortho intramolecular Hbond substituents is 1. The summed E-state index contributed by atoms with van der Waals surface area (Å²) in [5.41, 5.74) is 1.94. The van der Waals surface area contributed by atoms with Crippen molar-refractivity contribution < 1.29 is 5.11 Å². The molecule has 0 spiro atoms. The Bertz CT molecular complexity index is 348. The van der Waals surface area contributed by atoms with Crippen LogP contribution in [0.25, 0.3) is 0 Å². The van der Waals surface area contributed by atoms with Crippen molar-refractivity contribution in [3.8, 4) is 5.75 Å². The second-order valence-corrected chi connectivity index (χ2v) is 5.56. The number of benzene rings is 1. The van der Waals surface area contributed by atoms with Crippen LogP contribution in [0.3, 0.4) is 0 Å². The standard InChI is InChI=1S/C15H22OS/c1-4-5-6-7-8-9-17-14-10-12(2)15(16)13(3)11-14/h4,10-11,16H,1,5-9H2,2-3H3. The van der Waals surface area contributed by atoms with Crippen LogP contribution in [0, 0.1) is 13.8 Å². The van der Waals surface area contributed by atoms with Crippen LogP contribution in [0.15, 0.2) is 29.7 Å². The van der Waals surface area contributed by atoms with Gasteiger partial charge in [0.15, 0.2) is 0 Å². The van der Waals surface area contributed by atoms with Gasteiger partial charge in [-0.3, -0.25) is 0 Å². The fourth-order valence-electron chi connectivity index (χ4n) is 1.76. The highest BCUT2D eigenvalue weighted by Gasteiger charge is 2.03. The molecule has 0 aliphatic carbocycles. The molecule has 0 aliphatic rings. The van der Waals surface area contributed by atoms with Gasteiger partial charge < -0.3 is 5.11 Å². The van der Waals surface area contributed by atoms with Crippen LogP contribution in [0.2, 0.25) is 0 Å². The molecular formula is C15H22OS. The highest BCUT2D eigenvalue weighted by atomic mass is 32.2. The van der Waals surface area contributed by atoms with E-state index in [0.717, 1.165) is 23.3 Å². The van der Waals surface area contributed by atoms with Gasteiger partial charge in [0.05, 0.1) is 0 Å². The molecule has 1 aromatic carbocycles. The highest BCUT2D eigenvalue weighted by Crippen LogP contribution is 2.29. The maximum atomic E-state index is 9.68. The van der Waals surface area contributed by atoms with Crippen molar-refractivity contribution in [1.29, 1.82) is 0 Å². The molecule has 1 N–H and O–H groups in total. The van der Waals surface area contributed by atoms with Crippen molar-refractivity contribution >= 4 is 11.8 Å². The molecule has 1 rings (SSSR count). The first-order chi connectivity index (χ1) is 8.15. The molecule has 2 heteroatoms. The average Bonchev–Trinajstić information content (AvgIpc) is 2.30. The third kappa shape index (κ3) is 4.86. The molecule has 0 unspecified atom stereocenters. The lowest BCUT2D eigenvalue weighted by molar-refractivity contribution is 0.466. The summed E-state index contributed by atoms with van der Waals surface area (Å²) in [5, 5.41) is 9.68. The molecule has 0 saturated carbocycles. The zero-order valence-corrected chi connectivity index (χ0v) is 11.6. The van der Waals surface area contributed by atoms with E-state index in [9.17, 15) is 5.11 Å². The number of aromatic hydroxyl groups is 1. The molecular weight excluding hydrogens is 228 g/mol. The second-order valence-electron chi connectivity index (χ2n) is 4.39. The lowest BCUT2D eigenvalue weighted by atomic mass is 10.1. The minimum Gasteiger partial charge on any atom is -0.507 e. The minimum atomic E-state index is 0.431. The van der Waals surface area contributed by atoms with Crippen molar-refractivity contribution in [2.45, 2.75) is 44.4 Å². The quantitative estimate of drug-likeness (QED) is 0.424. The van der Waals surface area contributed by atoms with Crippen molar-refractivity contribution in [2.75, 3.05) is 5.75 Å². The molecule has 0 aliphatic heterocycles. The number of thioether (sulfide) groups is 1. The first-order valence-electron chi connectivity index (χ1n) is 6.19. The van der Waals surface area contributed by atoms with E-state index in [1.54, 1.807) is 0 Å². The third-order valence-electron chi connectivity index (χ3n) is 2.79. The molecule has 0 bridgehead atoms. The molecule has 0 amide bonds. The zero-order chi connectivity index (χ0) is 12.7. The van der Waals surface area contributed by atoms with E-state index in [0.29, 0.717) is 5.75 Å². The fraction of sp³-hybridized carbons (Fsp3) is 0.467. The maximum absolute atomic E-state index is 9.68. The molecule has 0 atom stereocenters. The van der Waals surface area contributed by atoms with E-state index in [2.05, 4.69) is 18.7 Å². The van der Waals surface area contributed by atoms with Gasteiger partial charge in [-0.05, 0) is 62.1 Å². The minimum absolute atomic E-state index is 0.431. The van der Waals surface area contributed by atoms with Gasteiger partial charge in [-0.25, -0.2) is 0 Å². The topological polar surface area (TPSA) is 20.2 Å². The number of allylic oxidation sites excluding steroid dienone is 1. The van der Waals surface area contributed by atoms with Crippen LogP contribution < -0.4 is 0 Å². The van der Waals surface area contributed by atoms with Crippen LogP contribution in [0.4, 0.5) is 0 Å². The summed E-state index contributed by atoms with van der Waals surface area (Å²) >= 11 is 1.88. The Labute approximate surface area is 109 Å². The average molecular weight is 250 g/mol. The summed E-state index contributed by atoms with van der Waals surface area (Å²) in [6.07, 6.45) is 6.88. The van der Waals surface area contributed by atoms with Gasteiger partial charge in [0.1, 0.15) is 5.75 Å². The lowest BCUT2D eigenvalue weighted by Gasteiger charge is -2.07. The number of hydrogen-bond acceptors (Lipinski definition) is 2. The zero-order valence-electron chi connectivity index (χ0n) is 10.8. The number of hydrogen-bond donors (Lipinski definition) is 1. The van der Waals surface area contributed by atoms with E-state index < -0.39 is 0 Å². The predicted octanol–water partition coefficient (Wildman–Crippen LogP) is 4.85. The monoisotopic (exact) mass is 250 g/mol.